The zero-order valence-corrected chi connectivity index (χ0v) is 20.6. The molecule has 0 amide bonds. The normalized spacial score (nSPS) is 13.8. The van der Waals surface area contributed by atoms with E-state index in [1.54, 1.807) is 24.3 Å². The zero-order valence-electron chi connectivity index (χ0n) is 20.6. The van der Waals surface area contributed by atoms with Gasteiger partial charge in [0.05, 0.1) is 11.1 Å². The van der Waals surface area contributed by atoms with Crippen LogP contribution in [-0.2, 0) is 12.8 Å². The number of carboxylic acids is 2. The molecule has 1 aliphatic carbocycles. The lowest BCUT2D eigenvalue weighted by Crippen LogP contribution is -2.10. The first-order valence-corrected chi connectivity index (χ1v) is 12.8. The number of benzene rings is 3. The summed E-state index contributed by atoms with van der Waals surface area (Å²) in [5.74, 6) is -1.48. The molecule has 35 heavy (non-hydrogen) atoms. The van der Waals surface area contributed by atoms with E-state index in [4.69, 9.17) is 0 Å². The molecule has 1 aliphatic rings. The molecule has 0 bridgehead atoms. The standard InChI is InChI=1S/C31H34O4/c1-3-5-14-24-27(21-12-6-7-13-21)19-20(4-2)28(22-15-8-10-17-25(22)30(32)33)29(24)23-16-9-11-18-26(23)31(34)35/h8-11,15-19,21H,3-7,12-14H2,1-2H3,(H,32,33)(H,34,35). The van der Waals surface area contributed by atoms with Crippen LogP contribution < -0.4 is 0 Å². The average Bonchev–Trinajstić information content (AvgIpc) is 3.41. The Morgan fingerprint density at radius 2 is 1.37 bits per heavy atom. The molecule has 4 rings (SSSR count). The number of carboxylic acid groups (broad SMARTS) is 2. The molecule has 2 N–H and O–H groups in total. The molecule has 0 aromatic heterocycles. The number of aryl methyl sites for hydroxylation is 1. The number of hydrogen-bond donors (Lipinski definition) is 2. The molecule has 182 valence electrons. The van der Waals surface area contributed by atoms with Gasteiger partial charge >= 0.3 is 11.9 Å². The SMILES string of the molecule is CCCCc1c(C2CCCC2)cc(CC)c(-c2ccccc2C(=O)O)c1-c1ccccc1C(=O)O. The van der Waals surface area contributed by atoms with Gasteiger partial charge in [-0.05, 0) is 89.1 Å². The second-order valence-corrected chi connectivity index (χ2v) is 9.49. The molecule has 1 saturated carbocycles. The van der Waals surface area contributed by atoms with Gasteiger partial charge in [-0.25, -0.2) is 9.59 Å². The van der Waals surface area contributed by atoms with Crippen LogP contribution in [0.4, 0.5) is 0 Å². The molecule has 0 radical (unpaired) electrons. The maximum Gasteiger partial charge on any atom is 0.336 e. The van der Waals surface area contributed by atoms with Crippen molar-refractivity contribution in [1.82, 2.24) is 0 Å². The van der Waals surface area contributed by atoms with Gasteiger partial charge < -0.3 is 10.2 Å². The number of carbonyl (C=O) groups is 2. The highest BCUT2D eigenvalue weighted by molar-refractivity contribution is 6.04. The van der Waals surface area contributed by atoms with Crippen molar-refractivity contribution in [3.05, 3.63) is 82.4 Å². The Morgan fingerprint density at radius 3 is 1.89 bits per heavy atom. The Hall–Kier alpha value is -3.40. The average molecular weight is 471 g/mol. The van der Waals surface area contributed by atoms with Crippen LogP contribution in [0.25, 0.3) is 22.3 Å². The van der Waals surface area contributed by atoms with Crippen molar-refractivity contribution in [3.63, 3.8) is 0 Å². The van der Waals surface area contributed by atoms with Gasteiger partial charge in [0.2, 0.25) is 0 Å². The Labute approximate surface area is 207 Å². The first-order chi connectivity index (χ1) is 17.0. The van der Waals surface area contributed by atoms with Crippen LogP contribution in [0.5, 0.6) is 0 Å². The Balaban J connectivity index is 2.17. The zero-order chi connectivity index (χ0) is 24.9. The maximum absolute atomic E-state index is 12.3. The molecule has 0 aliphatic heterocycles. The highest BCUT2D eigenvalue weighted by atomic mass is 16.4. The van der Waals surface area contributed by atoms with E-state index in [9.17, 15) is 19.8 Å². The maximum atomic E-state index is 12.3. The van der Waals surface area contributed by atoms with Gasteiger partial charge in [-0.1, -0.05) is 75.6 Å². The second kappa shape index (κ2) is 10.9. The van der Waals surface area contributed by atoms with Crippen molar-refractivity contribution in [1.29, 1.82) is 0 Å². The van der Waals surface area contributed by atoms with Crippen LogP contribution >= 0.6 is 0 Å². The molecule has 0 saturated heterocycles. The fourth-order valence-electron chi connectivity index (χ4n) is 5.69. The van der Waals surface area contributed by atoms with Gasteiger partial charge in [-0.15, -0.1) is 0 Å². The smallest absolute Gasteiger partial charge is 0.336 e. The largest absolute Gasteiger partial charge is 0.478 e. The molecule has 4 heteroatoms. The highest BCUT2D eigenvalue weighted by Gasteiger charge is 2.28. The first-order valence-electron chi connectivity index (χ1n) is 12.8. The van der Waals surface area contributed by atoms with E-state index >= 15 is 0 Å². The molecule has 1 fully saturated rings. The van der Waals surface area contributed by atoms with E-state index in [1.807, 2.05) is 24.3 Å². The number of unbranched alkanes of at least 4 members (excludes halogenated alkanes) is 1. The van der Waals surface area contributed by atoms with Crippen molar-refractivity contribution >= 4 is 11.9 Å². The lowest BCUT2D eigenvalue weighted by molar-refractivity contribution is 0.0686. The number of hydrogen-bond acceptors (Lipinski definition) is 2. The molecule has 0 atom stereocenters. The molecule has 0 spiro atoms. The summed E-state index contributed by atoms with van der Waals surface area (Å²) in [5, 5.41) is 20.2. The Kier molecular flexibility index (Phi) is 7.70. The van der Waals surface area contributed by atoms with E-state index < -0.39 is 11.9 Å². The van der Waals surface area contributed by atoms with E-state index in [0.717, 1.165) is 55.2 Å². The van der Waals surface area contributed by atoms with Crippen molar-refractivity contribution in [3.8, 4) is 22.3 Å². The first kappa shape index (κ1) is 24.7. The topological polar surface area (TPSA) is 74.6 Å². The minimum atomic E-state index is -0.977. The molecule has 3 aromatic carbocycles. The molecule has 0 heterocycles. The van der Waals surface area contributed by atoms with E-state index in [1.165, 1.54) is 24.0 Å². The number of aromatic carboxylic acids is 2. The molecule has 4 nitrogen and oxygen atoms in total. The van der Waals surface area contributed by atoms with Crippen LogP contribution in [0.2, 0.25) is 0 Å². The van der Waals surface area contributed by atoms with Crippen LogP contribution in [0.1, 0.15) is 95.7 Å². The predicted octanol–water partition coefficient (Wildman–Crippen LogP) is 7.98. The van der Waals surface area contributed by atoms with E-state index in [2.05, 4.69) is 19.9 Å². The van der Waals surface area contributed by atoms with Crippen molar-refractivity contribution in [2.24, 2.45) is 0 Å². The lowest BCUT2D eigenvalue weighted by atomic mass is 9.77. The third kappa shape index (κ3) is 4.88. The monoisotopic (exact) mass is 470 g/mol. The van der Waals surface area contributed by atoms with E-state index in [-0.39, 0.29) is 11.1 Å². The fraction of sp³-hybridized carbons (Fsp3) is 0.355. The third-order valence-corrected chi connectivity index (χ3v) is 7.36. The van der Waals surface area contributed by atoms with Gasteiger partial charge in [0, 0.05) is 0 Å². The summed E-state index contributed by atoms with van der Waals surface area (Å²) in [6.07, 6.45) is 8.32. The third-order valence-electron chi connectivity index (χ3n) is 7.36. The van der Waals surface area contributed by atoms with Crippen molar-refractivity contribution in [2.75, 3.05) is 0 Å². The van der Waals surface area contributed by atoms with Gasteiger partial charge in [0.15, 0.2) is 0 Å². The summed E-state index contributed by atoms with van der Waals surface area (Å²) >= 11 is 0. The molecule has 0 unspecified atom stereocenters. The summed E-state index contributed by atoms with van der Waals surface area (Å²) < 4.78 is 0. The minimum absolute atomic E-state index is 0.242. The predicted molar refractivity (Wildman–Crippen MR) is 140 cm³/mol. The van der Waals surface area contributed by atoms with Crippen LogP contribution in [0, 0.1) is 0 Å². The van der Waals surface area contributed by atoms with Crippen molar-refractivity contribution in [2.45, 2.75) is 71.1 Å². The molecule has 3 aromatic rings. The quantitative estimate of drug-likeness (QED) is 0.332. The highest BCUT2D eigenvalue weighted by Crippen LogP contribution is 2.47. The summed E-state index contributed by atoms with van der Waals surface area (Å²) in [6.45, 7) is 4.26. The van der Waals surface area contributed by atoms with Crippen LogP contribution in [-0.4, -0.2) is 22.2 Å². The Bertz CT molecular complexity index is 1230. The van der Waals surface area contributed by atoms with E-state index in [0.29, 0.717) is 17.0 Å². The summed E-state index contributed by atoms with van der Waals surface area (Å²) in [6, 6.07) is 16.6. The van der Waals surface area contributed by atoms with Gasteiger partial charge in [0.1, 0.15) is 0 Å². The Morgan fingerprint density at radius 1 is 0.829 bits per heavy atom. The molecular weight excluding hydrogens is 436 g/mol. The lowest BCUT2D eigenvalue weighted by Gasteiger charge is -2.27. The fourth-order valence-corrected chi connectivity index (χ4v) is 5.69. The van der Waals surface area contributed by atoms with Crippen LogP contribution in [0.15, 0.2) is 54.6 Å². The second-order valence-electron chi connectivity index (χ2n) is 9.49. The van der Waals surface area contributed by atoms with Gasteiger partial charge in [-0.2, -0.15) is 0 Å². The molecular formula is C31H34O4. The summed E-state index contributed by atoms with van der Waals surface area (Å²) in [7, 11) is 0. The summed E-state index contributed by atoms with van der Waals surface area (Å²) in [4.78, 5) is 24.6. The van der Waals surface area contributed by atoms with Gasteiger partial charge in [-0.3, -0.25) is 0 Å². The van der Waals surface area contributed by atoms with Crippen molar-refractivity contribution < 1.29 is 19.8 Å². The van der Waals surface area contributed by atoms with Gasteiger partial charge in [0.25, 0.3) is 0 Å². The number of rotatable bonds is 9. The minimum Gasteiger partial charge on any atom is -0.478 e. The van der Waals surface area contributed by atoms with Crippen LogP contribution in [0.3, 0.4) is 0 Å². The summed E-state index contributed by atoms with van der Waals surface area (Å²) in [5.41, 5.74) is 7.21.